The first kappa shape index (κ1) is 16.0. The Morgan fingerprint density at radius 1 is 1.31 bits per heavy atom. The van der Waals surface area contributed by atoms with Crippen molar-refractivity contribution < 1.29 is 9.90 Å². The number of aromatic nitrogens is 5. The minimum atomic E-state index is -1.12. The van der Waals surface area contributed by atoms with E-state index < -0.39 is 5.97 Å². The van der Waals surface area contributed by atoms with Crippen LogP contribution in [0.15, 0.2) is 18.2 Å². The Morgan fingerprint density at radius 2 is 2.19 bits per heavy atom. The lowest BCUT2D eigenvalue weighted by molar-refractivity contribution is 0.0692. The SMILES string of the molecule is N#CC(=Cc1cccc2[nH]nc(C(=O)O)c12)c1nnc2n1CCCCC2. The molecule has 3 aromatic rings. The molecular formula is C18H16N6O2. The van der Waals surface area contributed by atoms with E-state index in [1.165, 1.54) is 0 Å². The number of allylic oxidation sites excluding steroid dienone is 1. The molecule has 2 aromatic heterocycles. The van der Waals surface area contributed by atoms with Crippen molar-refractivity contribution in [2.75, 3.05) is 0 Å². The lowest BCUT2D eigenvalue weighted by Gasteiger charge is -2.06. The van der Waals surface area contributed by atoms with Gasteiger partial charge in [0.1, 0.15) is 11.9 Å². The average Bonchev–Trinajstić information content (AvgIpc) is 3.18. The number of H-pyrrole nitrogens is 1. The van der Waals surface area contributed by atoms with E-state index in [-0.39, 0.29) is 5.69 Å². The maximum atomic E-state index is 11.4. The summed E-state index contributed by atoms with van der Waals surface area (Å²) in [4.78, 5) is 11.4. The van der Waals surface area contributed by atoms with Crippen molar-refractivity contribution in [1.82, 2.24) is 25.0 Å². The number of aromatic amines is 1. The molecule has 0 bridgehead atoms. The Bertz CT molecular complexity index is 1070. The number of benzene rings is 1. The fourth-order valence-corrected chi connectivity index (χ4v) is 3.36. The molecule has 0 radical (unpaired) electrons. The minimum Gasteiger partial charge on any atom is -0.476 e. The van der Waals surface area contributed by atoms with E-state index in [9.17, 15) is 15.2 Å². The van der Waals surface area contributed by atoms with Gasteiger partial charge in [-0.1, -0.05) is 18.6 Å². The van der Waals surface area contributed by atoms with Gasteiger partial charge < -0.3 is 9.67 Å². The molecule has 4 rings (SSSR count). The molecule has 0 fully saturated rings. The normalized spacial score (nSPS) is 14.7. The van der Waals surface area contributed by atoms with Crippen molar-refractivity contribution in [2.45, 2.75) is 32.2 Å². The van der Waals surface area contributed by atoms with Crippen molar-refractivity contribution in [3.8, 4) is 6.07 Å². The second-order valence-corrected chi connectivity index (χ2v) is 6.22. The topological polar surface area (TPSA) is 120 Å². The maximum absolute atomic E-state index is 11.4. The zero-order valence-electron chi connectivity index (χ0n) is 13.9. The van der Waals surface area contributed by atoms with Crippen LogP contribution < -0.4 is 0 Å². The molecule has 0 atom stereocenters. The molecule has 0 saturated heterocycles. The third kappa shape index (κ3) is 2.63. The van der Waals surface area contributed by atoms with Crippen molar-refractivity contribution >= 4 is 28.5 Å². The summed E-state index contributed by atoms with van der Waals surface area (Å²) in [6.07, 6.45) is 5.74. The Labute approximate surface area is 148 Å². The summed E-state index contributed by atoms with van der Waals surface area (Å²) in [6, 6.07) is 7.49. The summed E-state index contributed by atoms with van der Waals surface area (Å²) in [5.74, 6) is 0.306. The Balaban J connectivity index is 1.87. The molecule has 0 saturated carbocycles. The fourth-order valence-electron chi connectivity index (χ4n) is 3.36. The van der Waals surface area contributed by atoms with Gasteiger partial charge in [0.05, 0.1) is 11.1 Å². The van der Waals surface area contributed by atoms with E-state index in [1.54, 1.807) is 24.3 Å². The van der Waals surface area contributed by atoms with E-state index in [0.29, 0.717) is 27.9 Å². The molecule has 0 aliphatic carbocycles. The minimum absolute atomic E-state index is 0.0655. The number of aromatic carboxylic acids is 1. The lowest BCUT2D eigenvalue weighted by atomic mass is 10.0. The van der Waals surface area contributed by atoms with E-state index in [2.05, 4.69) is 26.5 Å². The molecular weight excluding hydrogens is 332 g/mol. The van der Waals surface area contributed by atoms with E-state index in [0.717, 1.165) is 38.1 Å². The second-order valence-electron chi connectivity index (χ2n) is 6.22. The van der Waals surface area contributed by atoms with Crippen LogP contribution in [-0.4, -0.2) is 36.0 Å². The highest BCUT2D eigenvalue weighted by Crippen LogP contribution is 2.26. The summed E-state index contributed by atoms with van der Waals surface area (Å²) < 4.78 is 2.00. The number of carbonyl (C=O) groups is 1. The molecule has 130 valence electrons. The van der Waals surface area contributed by atoms with Crippen LogP contribution in [0.2, 0.25) is 0 Å². The van der Waals surface area contributed by atoms with Crippen molar-refractivity contribution in [3.05, 3.63) is 41.1 Å². The van der Waals surface area contributed by atoms with E-state index in [4.69, 9.17) is 0 Å². The molecule has 1 aromatic carbocycles. The zero-order chi connectivity index (χ0) is 18.1. The van der Waals surface area contributed by atoms with Gasteiger partial charge in [-0.05, 0) is 30.5 Å². The van der Waals surface area contributed by atoms with Gasteiger partial charge in [-0.2, -0.15) is 10.4 Å². The molecule has 3 heterocycles. The monoisotopic (exact) mass is 348 g/mol. The quantitative estimate of drug-likeness (QED) is 0.702. The van der Waals surface area contributed by atoms with Crippen LogP contribution in [0.4, 0.5) is 0 Å². The molecule has 1 aliphatic heterocycles. The van der Waals surface area contributed by atoms with E-state index in [1.807, 2.05) is 4.57 Å². The molecule has 2 N–H and O–H groups in total. The summed E-state index contributed by atoms with van der Waals surface area (Å²) in [6.45, 7) is 0.785. The lowest BCUT2D eigenvalue weighted by Crippen LogP contribution is -2.05. The van der Waals surface area contributed by atoms with Gasteiger partial charge in [0.15, 0.2) is 11.5 Å². The summed E-state index contributed by atoms with van der Waals surface area (Å²) >= 11 is 0. The molecule has 8 heteroatoms. The fraction of sp³-hybridized carbons (Fsp3) is 0.278. The largest absolute Gasteiger partial charge is 0.476 e. The Kier molecular flexibility index (Phi) is 3.97. The molecule has 0 unspecified atom stereocenters. The number of rotatable bonds is 3. The van der Waals surface area contributed by atoms with Crippen LogP contribution in [0.5, 0.6) is 0 Å². The number of aryl methyl sites for hydroxylation is 1. The zero-order valence-corrected chi connectivity index (χ0v) is 13.9. The van der Waals surface area contributed by atoms with Crippen LogP contribution in [-0.2, 0) is 13.0 Å². The van der Waals surface area contributed by atoms with Gasteiger partial charge in [-0.15, -0.1) is 10.2 Å². The van der Waals surface area contributed by atoms with Crippen LogP contribution in [0, 0.1) is 11.3 Å². The number of fused-ring (bicyclic) bond motifs is 2. The number of carboxylic acid groups (broad SMARTS) is 1. The highest BCUT2D eigenvalue weighted by atomic mass is 16.4. The number of nitrogens with zero attached hydrogens (tertiary/aromatic N) is 5. The number of hydrogen-bond acceptors (Lipinski definition) is 5. The van der Waals surface area contributed by atoms with Gasteiger partial charge in [0, 0.05) is 18.4 Å². The number of hydrogen-bond donors (Lipinski definition) is 2. The molecule has 0 spiro atoms. The molecule has 0 amide bonds. The predicted octanol–water partition coefficient (Wildman–Crippen LogP) is 2.64. The Hall–Kier alpha value is -3.47. The highest BCUT2D eigenvalue weighted by molar-refractivity contribution is 6.06. The first-order valence-electron chi connectivity index (χ1n) is 8.43. The van der Waals surface area contributed by atoms with E-state index >= 15 is 0 Å². The molecule has 26 heavy (non-hydrogen) atoms. The summed E-state index contributed by atoms with van der Waals surface area (Å²) in [7, 11) is 0. The van der Waals surface area contributed by atoms with Crippen LogP contribution in [0.25, 0.3) is 22.6 Å². The predicted molar refractivity (Wildman–Crippen MR) is 94.1 cm³/mol. The average molecular weight is 348 g/mol. The van der Waals surface area contributed by atoms with Crippen LogP contribution in [0.3, 0.4) is 0 Å². The van der Waals surface area contributed by atoms with Gasteiger partial charge in [-0.3, -0.25) is 5.10 Å². The number of nitrogens with one attached hydrogen (secondary N) is 1. The Morgan fingerprint density at radius 3 is 3.00 bits per heavy atom. The molecule has 8 nitrogen and oxygen atoms in total. The highest BCUT2D eigenvalue weighted by Gasteiger charge is 2.19. The van der Waals surface area contributed by atoms with Crippen molar-refractivity contribution in [1.29, 1.82) is 5.26 Å². The standard InChI is InChI=1S/C18H16N6O2/c19-10-12(17-23-21-14-7-2-1-3-8-24(14)17)9-11-5-4-6-13-15(11)16(18(25)26)22-20-13/h4-6,9H,1-3,7-8H2,(H,20,22)(H,25,26). The van der Waals surface area contributed by atoms with Crippen molar-refractivity contribution in [3.63, 3.8) is 0 Å². The summed E-state index contributed by atoms with van der Waals surface area (Å²) in [5, 5.41) is 34.6. The van der Waals surface area contributed by atoms with Crippen molar-refractivity contribution in [2.24, 2.45) is 0 Å². The van der Waals surface area contributed by atoms with Crippen LogP contribution >= 0.6 is 0 Å². The van der Waals surface area contributed by atoms with Gasteiger partial charge >= 0.3 is 5.97 Å². The first-order valence-corrected chi connectivity index (χ1v) is 8.43. The second kappa shape index (κ2) is 6.44. The van der Waals surface area contributed by atoms with Gasteiger partial charge in [0.25, 0.3) is 0 Å². The first-order chi connectivity index (χ1) is 12.7. The van der Waals surface area contributed by atoms with Gasteiger partial charge in [0.2, 0.25) is 0 Å². The molecule has 1 aliphatic rings. The number of carboxylic acids is 1. The summed E-state index contributed by atoms with van der Waals surface area (Å²) in [5.41, 5.74) is 1.50. The third-order valence-corrected chi connectivity index (χ3v) is 4.59. The smallest absolute Gasteiger partial charge is 0.357 e. The number of nitriles is 1. The third-order valence-electron chi connectivity index (χ3n) is 4.59. The van der Waals surface area contributed by atoms with Gasteiger partial charge in [-0.25, -0.2) is 4.79 Å². The van der Waals surface area contributed by atoms with Crippen LogP contribution in [0.1, 0.15) is 47.0 Å². The maximum Gasteiger partial charge on any atom is 0.357 e.